The predicted octanol–water partition coefficient (Wildman–Crippen LogP) is 4.08. The maximum atomic E-state index is 11.1. The predicted molar refractivity (Wildman–Crippen MR) is 90.1 cm³/mol. The number of rotatable bonds is 6. The molecule has 1 unspecified atom stereocenters. The summed E-state index contributed by atoms with van der Waals surface area (Å²) >= 11 is 7.64. The third-order valence-electron chi connectivity index (χ3n) is 3.10. The van der Waals surface area contributed by atoms with Crippen molar-refractivity contribution in [2.24, 2.45) is 0 Å². The fourth-order valence-corrected chi connectivity index (χ4v) is 3.13. The van der Waals surface area contributed by atoms with Gasteiger partial charge in [0.1, 0.15) is 0 Å². The number of hydrogen-bond acceptors (Lipinski definition) is 3. The van der Waals surface area contributed by atoms with Crippen LogP contribution in [0, 0.1) is 0 Å². The number of nitrogens with one attached hydrogen (secondary N) is 2. The number of amides is 1. The van der Waals surface area contributed by atoms with Gasteiger partial charge >= 0.3 is 0 Å². The molecule has 0 fully saturated rings. The lowest BCUT2D eigenvalue weighted by Gasteiger charge is -2.14. The van der Waals surface area contributed by atoms with E-state index in [0.29, 0.717) is 6.04 Å². The maximum Gasteiger partial charge on any atom is 0.221 e. The van der Waals surface area contributed by atoms with Crippen LogP contribution in [0.4, 0.5) is 5.69 Å². The van der Waals surface area contributed by atoms with Crippen LogP contribution in [0.2, 0.25) is 5.02 Å². The molecule has 0 aliphatic carbocycles. The molecule has 0 saturated heterocycles. The van der Waals surface area contributed by atoms with Crippen LogP contribution in [0.15, 0.2) is 35.7 Å². The molecule has 2 aromatic rings. The fraction of sp³-hybridized carbons (Fsp3) is 0.312. The highest BCUT2D eigenvalue weighted by Crippen LogP contribution is 2.22. The van der Waals surface area contributed by atoms with E-state index >= 15 is 0 Å². The summed E-state index contributed by atoms with van der Waals surface area (Å²) in [6.07, 6.45) is 0.918. The normalized spacial score (nSPS) is 12.1. The first-order valence-electron chi connectivity index (χ1n) is 6.86. The topological polar surface area (TPSA) is 41.1 Å². The molecule has 1 amide bonds. The monoisotopic (exact) mass is 322 g/mol. The van der Waals surface area contributed by atoms with Crippen molar-refractivity contribution in [3.05, 3.63) is 51.2 Å². The molecule has 3 nitrogen and oxygen atoms in total. The summed E-state index contributed by atoms with van der Waals surface area (Å²) in [5.74, 6) is -0.0402. The molecule has 1 aromatic carbocycles. The van der Waals surface area contributed by atoms with Gasteiger partial charge in [0.25, 0.3) is 0 Å². The highest BCUT2D eigenvalue weighted by molar-refractivity contribution is 7.10. The first-order valence-corrected chi connectivity index (χ1v) is 8.12. The zero-order valence-electron chi connectivity index (χ0n) is 12.2. The average Bonchev–Trinajstić information content (AvgIpc) is 2.83. The van der Waals surface area contributed by atoms with E-state index in [0.717, 1.165) is 28.6 Å². The van der Waals surface area contributed by atoms with Gasteiger partial charge in [-0.3, -0.25) is 4.79 Å². The van der Waals surface area contributed by atoms with Crippen molar-refractivity contribution in [1.29, 1.82) is 0 Å². The highest BCUT2D eigenvalue weighted by atomic mass is 35.5. The minimum absolute atomic E-state index is 0.0402. The Morgan fingerprint density at radius 3 is 2.90 bits per heavy atom. The summed E-state index contributed by atoms with van der Waals surface area (Å²) in [4.78, 5) is 12.3. The van der Waals surface area contributed by atoms with Gasteiger partial charge in [0.2, 0.25) is 5.91 Å². The lowest BCUT2D eigenvalue weighted by Crippen LogP contribution is -2.27. The van der Waals surface area contributed by atoms with Gasteiger partial charge in [-0.1, -0.05) is 23.7 Å². The van der Waals surface area contributed by atoms with Crippen LogP contribution in [0.1, 0.15) is 24.3 Å². The molecule has 0 radical (unpaired) electrons. The molecule has 1 atom stereocenters. The smallest absolute Gasteiger partial charge is 0.221 e. The number of hydrogen-bond donors (Lipinski definition) is 2. The standard InChI is InChI=1S/C16H19ClN2OS/c1-11(8-13-4-3-5-14(17)9-13)18-10-16-15(6-7-21-16)19-12(2)20/h3-7,9,11,18H,8,10H2,1-2H3,(H,19,20). The Bertz CT molecular complexity index is 612. The molecule has 2 N–H and O–H groups in total. The van der Waals surface area contributed by atoms with Crippen LogP contribution in [0.3, 0.4) is 0 Å². The zero-order chi connectivity index (χ0) is 15.2. The second-order valence-electron chi connectivity index (χ2n) is 5.05. The third kappa shape index (κ3) is 5.16. The van der Waals surface area contributed by atoms with Crippen LogP contribution in [-0.4, -0.2) is 11.9 Å². The molecule has 21 heavy (non-hydrogen) atoms. The average molecular weight is 323 g/mol. The van der Waals surface area contributed by atoms with E-state index in [-0.39, 0.29) is 5.91 Å². The van der Waals surface area contributed by atoms with Crippen molar-refractivity contribution >= 4 is 34.5 Å². The van der Waals surface area contributed by atoms with Gasteiger partial charge in [0, 0.05) is 29.4 Å². The van der Waals surface area contributed by atoms with Gasteiger partial charge in [-0.15, -0.1) is 11.3 Å². The Hall–Kier alpha value is -1.36. The third-order valence-corrected chi connectivity index (χ3v) is 4.25. The van der Waals surface area contributed by atoms with E-state index in [1.54, 1.807) is 11.3 Å². The van der Waals surface area contributed by atoms with Gasteiger partial charge in [0.15, 0.2) is 0 Å². The van der Waals surface area contributed by atoms with Crippen molar-refractivity contribution in [3.8, 4) is 0 Å². The fourth-order valence-electron chi connectivity index (χ4n) is 2.14. The number of carbonyl (C=O) groups excluding carboxylic acids is 1. The van der Waals surface area contributed by atoms with Gasteiger partial charge in [-0.25, -0.2) is 0 Å². The molecule has 0 spiro atoms. The second kappa shape index (κ2) is 7.59. The Balaban J connectivity index is 1.88. The maximum absolute atomic E-state index is 11.1. The number of halogens is 1. The van der Waals surface area contributed by atoms with Crippen molar-refractivity contribution < 1.29 is 4.79 Å². The minimum atomic E-state index is -0.0402. The number of benzene rings is 1. The zero-order valence-corrected chi connectivity index (χ0v) is 13.7. The summed E-state index contributed by atoms with van der Waals surface area (Å²) in [5, 5.41) is 9.09. The second-order valence-corrected chi connectivity index (χ2v) is 6.49. The molecule has 1 heterocycles. The number of anilines is 1. The lowest BCUT2D eigenvalue weighted by molar-refractivity contribution is -0.114. The van der Waals surface area contributed by atoms with Crippen LogP contribution in [0.5, 0.6) is 0 Å². The van der Waals surface area contributed by atoms with Gasteiger partial charge < -0.3 is 10.6 Å². The number of carbonyl (C=O) groups is 1. The molecule has 112 valence electrons. The van der Waals surface area contributed by atoms with E-state index < -0.39 is 0 Å². The van der Waals surface area contributed by atoms with Gasteiger partial charge in [-0.05, 0) is 42.5 Å². The van der Waals surface area contributed by atoms with Gasteiger partial charge in [-0.2, -0.15) is 0 Å². The van der Waals surface area contributed by atoms with Crippen molar-refractivity contribution in [2.75, 3.05) is 5.32 Å². The number of thiophene rings is 1. The molecule has 1 aromatic heterocycles. The molecular formula is C16H19ClN2OS. The van der Waals surface area contributed by atoms with Crippen LogP contribution >= 0.6 is 22.9 Å². The molecular weight excluding hydrogens is 304 g/mol. The summed E-state index contributed by atoms with van der Waals surface area (Å²) in [7, 11) is 0. The minimum Gasteiger partial charge on any atom is -0.325 e. The van der Waals surface area contributed by atoms with Crippen LogP contribution < -0.4 is 10.6 Å². The van der Waals surface area contributed by atoms with Gasteiger partial charge in [0.05, 0.1) is 5.69 Å². The summed E-state index contributed by atoms with van der Waals surface area (Å²) < 4.78 is 0. The Kier molecular flexibility index (Phi) is 5.79. The van der Waals surface area contributed by atoms with Crippen LogP contribution in [-0.2, 0) is 17.8 Å². The van der Waals surface area contributed by atoms with Crippen LogP contribution in [0.25, 0.3) is 0 Å². The van der Waals surface area contributed by atoms with E-state index in [1.165, 1.54) is 12.5 Å². The molecule has 0 aliphatic heterocycles. The summed E-state index contributed by atoms with van der Waals surface area (Å²) in [6.45, 7) is 4.41. The highest BCUT2D eigenvalue weighted by Gasteiger charge is 2.08. The largest absolute Gasteiger partial charge is 0.325 e. The van der Waals surface area contributed by atoms with E-state index in [2.05, 4.69) is 23.6 Å². The molecule has 0 bridgehead atoms. The van der Waals surface area contributed by atoms with Crippen molar-refractivity contribution in [1.82, 2.24) is 5.32 Å². The Morgan fingerprint density at radius 1 is 1.38 bits per heavy atom. The van der Waals surface area contributed by atoms with Crippen molar-refractivity contribution in [2.45, 2.75) is 32.9 Å². The Morgan fingerprint density at radius 2 is 2.19 bits per heavy atom. The first-order chi connectivity index (χ1) is 10.0. The quantitative estimate of drug-likeness (QED) is 0.841. The summed E-state index contributed by atoms with van der Waals surface area (Å²) in [6, 6.07) is 10.2. The van der Waals surface area contributed by atoms with E-state index in [1.807, 2.05) is 29.6 Å². The molecule has 2 rings (SSSR count). The van der Waals surface area contributed by atoms with E-state index in [4.69, 9.17) is 11.6 Å². The van der Waals surface area contributed by atoms with E-state index in [9.17, 15) is 4.79 Å². The summed E-state index contributed by atoms with van der Waals surface area (Å²) in [5.41, 5.74) is 2.12. The SMILES string of the molecule is CC(=O)Nc1ccsc1CNC(C)Cc1cccc(Cl)c1. The lowest BCUT2D eigenvalue weighted by atomic mass is 10.1. The first kappa shape index (κ1) is 16.0. The molecule has 0 aliphatic rings. The molecule has 0 saturated carbocycles. The van der Waals surface area contributed by atoms with Crippen molar-refractivity contribution in [3.63, 3.8) is 0 Å². The Labute approximate surface area is 134 Å². The molecule has 5 heteroatoms.